The Morgan fingerprint density at radius 1 is 1.27 bits per heavy atom. The van der Waals surface area contributed by atoms with Crippen LogP contribution >= 0.6 is 0 Å². The number of amides is 1. The van der Waals surface area contributed by atoms with E-state index in [2.05, 4.69) is 17.1 Å². The smallest absolute Gasteiger partial charge is 0.234 e. The van der Waals surface area contributed by atoms with Gasteiger partial charge in [-0.15, -0.1) is 0 Å². The summed E-state index contributed by atoms with van der Waals surface area (Å²) in [6.07, 6.45) is 6.36. The first-order chi connectivity index (χ1) is 10.6. The lowest BCUT2D eigenvalue weighted by molar-refractivity contribution is -0.120. The molecule has 0 radical (unpaired) electrons. The summed E-state index contributed by atoms with van der Waals surface area (Å²) >= 11 is 0. The molecule has 4 heteroatoms. The quantitative estimate of drug-likeness (QED) is 0.924. The number of nitrogens with zero attached hydrogens (tertiary/aromatic N) is 2. The van der Waals surface area contributed by atoms with Gasteiger partial charge in [0.15, 0.2) is 0 Å². The summed E-state index contributed by atoms with van der Waals surface area (Å²) in [6, 6.07) is 10.2. The van der Waals surface area contributed by atoms with Crippen molar-refractivity contribution in [3.05, 3.63) is 59.4 Å². The predicted molar refractivity (Wildman–Crippen MR) is 85.6 cm³/mol. The summed E-state index contributed by atoms with van der Waals surface area (Å²) in [5, 5.41) is 0. The monoisotopic (exact) mass is 293 g/mol. The highest BCUT2D eigenvalue weighted by atomic mass is 16.2. The van der Waals surface area contributed by atoms with Crippen molar-refractivity contribution in [1.82, 2.24) is 4.98 Å². The number of benzene rings is 1. The SMILES string of the molecule is CN1C(=O)C(c2cncc(C3(N)CC3)c2)Cc2ccccc21. The highest BCUT2D eigenvalue weighted by Crippen LogP contribution is 2.43. The van der Waals surface area contributed by atoms with Crippen LogP contribution in [0.1, 0.15) is 35.4 Å². The number of hydrogen-bond donors (Lipinski definition) is 1. The molecule has 0 saturated heterocycles. The zero-order chi connectivity index (χ0) is 15.3. The van der Waals surface area contributed by atoms with Crippen molar-refractivity contribution in [1.29, 1.82) is 0 Å². The van der Waals surface area contributed by atoms with Crippen LogP contribution in [0.25, 0.3) is 0 Å². The molecule has 2 N–H and O–H groups in total. The third-order valence-corrected chi connectivity index (χ3v) is 4.93. The molecule has 1 aliphatic carbocycles. The number of nitrogens with two attached hydrogens (primary N) is 1. The molecule has 1 saturated carbocycles. The largest absolute Gasteiger partial charge is 0.321 e. The second-order valence-electron chi connectivity index (χ2n) is 6.45. The number of likely N-dealkylation sites (N-methyl/N-ethyl adjacent to an activating group) is 1. The number of hydrogen-bond acceptors (Lipinski definition) is 3. The summed E-state index contributed by atoms with van der Waals surface area (Å²) in [4.78, 5) is 18.8. The Morgan fingerprint density at radius 2 is 2.05 bits per heavy atom. The molecule has 0 bridgehead atoms. The van der Waals surface area contributed by atoms with Gasteiger partial charge in [0.05, 0.1) is 5.92 Å². The summed E-state index contributed by atoms with van der Waals surface area (Å²) in [5.41, 5.74) is 10.3. The van der Waals surface area contributed by atoms with E-state index in [0.717, 1.165) is 36.1 Å². The van der Waals surface area contributed by atoms with Crippen LogP contribution < -0.4 is 10.6 Å². The van der Waals surface area contributed by atoms with E-state index in [1.54, 1.807) is 11.1 Å². The minimum absolute atomic E-state index is 0.125. The Hall–Kier alpha value is -2.20. The molecule has 1 aliphatic heterocycles. The maximum absolute atomic E-state index is 12.7. The molecule has 1 fully saturated rings. The van der Waals surface area contributed by atoms with Crippen molar-refractivity contribution in [3.8, 4) is 0 Å². The van der Waals surface area contributed by atoms with Gasteiger partial charge in [0.25, 0.3) is 0 Å². The van der Waals surface area contributed by atoms with E-state index in [1.165, 1.54) is 5.56 Å². The zero-order valence-corrected chi connectivity index (χ0v) is 12.6. The molecular weight excluding hydrogens is 274 g/mol. The highest BCUT2D eigenvalue weighted by Gasteiger charge is 2.41. The van der Waals surface area contributed by atoms with Crippen LogP contribution in [0.2, 0.25) is 0 Å². The van der Waals surface area contributed by atoms with E-state index in [-0.39, 0.29) is 17.4 Å². The van der Waals surface area contributed by atoms with Crippen molar-refractivity contribution in [3.63, 3.8) is 0 Å². The lowest BCUT2D eigenvalue weighted by atomic mass is 9.86. The molecule has 1 aromatic heterocycles. The van der Waals surface area contributed by atoms with Gasteiger partial charge in [-0.2, -0.15) is 0 Å². The minimum atomic E-state index is -0.218. The summed E-state index contributed by atoms with van der Waals surface area (Å²) in [6.45, 7) is 0. The van der Waals surface area contributed by atoms with Gasteiger partial charge in [0.2, 0.25) is 5.91 Å². The van der Waals surface area contributed by atoms with E-state index in [0.29, 0.717) is 0 Å². The molecular formula is C18H19N3O. The van der Waals surface area contributed by atoms with Gasteiger partial charge < -0.3 is 10.6 Å². The zero-order valence-electron chi connectivity index (χ0n) is 12.6. The number of carbonyl (C=O) groups excluding carboxylic acids is 1. The van der Waals surface area contributed by atoms with Gasteiger partial charge in [-0.3, -0.25) is 9.78 Å². The summed E-state index contributed by atoms with van der Waals surface area (Å²) < 4.78 is 0. The van der Waals surface area contributed by atoms with Gasteiger partial charge in [-0.25, -0.2) is 0 Å². The fourth-order valence-corrected chi connectivity index (χ4v) is 3.27. The predicted octanol–water partition coefficient (Wildman–Crippen LogP) is 2.33. The van der Waals surface area contributed by atoms with Crippen molar-refractivity contribution >= 4 is 11.6 Å². The van der Waals surface area contributed by atoms with Crippen LogP contribution in [0.4, 0.5) is 5.69 Å². The Balaban J connectivity index is 1.73. The van der Waals surface area contributed by atoms with Crippen molar-refractivity contribution in [2.24, 2.45) is 5.73 Å². The lowest BCUT2D eigenvalue weighted by Gasteiger charge is -2.31. The number of aromatic nitrogens is 1. The molecule has 2 aromatic rings. The molecule has 1 unspecified atom stereocenters. The van der Waals surface area contributed by atoms with Gasteiger partial charge in [-0.05, 0) is 42.0 Å². The molecule has 112 valence electrons. The maximum Gasteiger partial charge on any atom is 0.234 e. The standard InChI is InChI=1S/C18H19N3O/c1-21-16-5-3-2-4-12(16)9-15(17(21)22)13-8-14(11-20-10-13)18(19)6-7-18/h2-5,8,10-11,15H,6-7,9,19H2,1H3. The number of para-hydroxylation sites is 1. The number of rotatable bonds is 2. The lowest BCUT2D eigenvalue weighted by Crippen LogP contribution is -2.37. The summed E-state index contributed by atoms with van der Waals surface area (Å²) in [7, 11) is 1.84. The maximum atomic E-state index is 12.7. The number of fused-ring (bicyclic) bond motifs is 1. The van der Waals surface area contributed by atoms with Crippen LogP contribution in [-0.2, 0) is 16.8 Å². The number of anilines is 1. The first-order valence-electron chi connectivity index (χ1n) is 7.68. The molecule has 4 nitrogen and oxygen atoms in total. The Bertz CT molecular complexity index is 752. The van der Waals surface area contributed by atoms with Crippen LogP contribution in [-0.4, -0.2) is 17.9 Å². The molecule has 1 amide bonds. The average molecular weight is 293 g/mol. The third-order valence-electron chi connectivity index (χ3n) is 4.93. The second kappa shape index (κ2) is 4.65. The molecule has 1 aromatic carbocycles. The first kappa shape index (κ1) is 13.5. The van der Waals surface area contributed by atoms with E-state index in [9.17, 15) is 4.79 Å². The van der Waals surface area contributed by atoms with E-state index >= 15 is 0 Å². The first-order valence-corrected chi connectivity index (χ1v) is 7.68. The Kier molecular flexibility index (Phi) is 2.84. The number of carbonyl (C=O) groups is 1. The average Bonchev–Trinajstić information content (AvgIpc) is 3.30. The summed E-state index contributed by atoms with van der Waals surface area (Å²) in [5.74, 6) is -0.0470. The molecule has 4 rings (SSSR count). The van der Waals surface area contributed by atoms with Crippen LogP contribution in [0.5, 0.6) is 0 Å². The molecule has 2 aliphatic rings. The van der Waals surface area contributed by atoms with Crippen molar-refractivity contribution in [2.45, 2.75) is 30.7 Å². The Morgan fingerprint density at radius 3 is 2.82 bits per heavy atom. The third kappa shape index (κ3) is 2.03. The van der Waals surface area contributed by atoms with Gasteiger partial charge in [0.1, 0.15) is 0 Å². The van der Waals surface area contributed by atoms with Gasteiger partial charge in [-0.1, -0.05) is 24.3 Å². The minimum Gasteiger partial charge on any atom is -0.321 e. The molecule has 2 heterocycles. The second-order valence-corrected chi connectivity index (χ2v) is 6.45. The van der Waals surface area contributed by atoms with Crippen LogP contribution in [0, 0.1) is 0 Å². The molecule has 22 heavy (non-hydrogen) atoms. The molecule has 1 atom stereocenters. The molecule has 0 spiro atoms. The van der Waals surface area contributed by atoms with E-state index in [1.807, 2.05) is 31.4 Å². The van der Waals surface area contributed by atoms with Gasteiger partial charge >= 0.3 is 0 Å². The highest BCUT2D eigenvalue weighted by molar-refractivity contribution is 6.00. The Labute approximate surface area is 130 Å². The van der Waals surface area contributed by atoms with E-state index < -0.39 is 0 Å². The van der Waals surface area contributed by atoms with Gasteiger partial charge in [0, 0.05) is 30.7 Å². The van der Waals surface area contributed by atoms with Crippen LogP contribution in [0.3, 0.4) is 0 Å². The fraction of sp³-hybridized carbons (Fsp3) is 0.333. The normalized spacial score (nSPS) is 22.4. The topological polar surface area (TPSA) is 59.2 Å². The van der Waals surface area contributed by atoms with E-state index in [4.69, 9.17) is 5.73 Å². The van der Waals surface area contributed by atoms with Crippen molar-refractivity contribution < 1.29 is 4.79 Å². The fourth-order valence-electron chi connectivity index (χ4n) is 3.27. The van der Waals surface area contributed by atoms with Crippen LogP contribution in [0.15, 0.2) is 42.7 Å². The van der Waals surface area contributed by atoms with Crippen molar-refractivity contribution in [2.75, 3.05) is 11.9 Å². The number of pyridine rings is 1.